The van der Waals surface area contributed by atoms with Crippen LogP contribution in [0.1, 0.15) is 24.5 Å². The van der Waals surface area contributed by atoms with Gasteiger partial charge in [-0.2, -0.15) is 0 Å². The molecule has 1 aromatic rings. The van der Waals surface area contributed by atoms with Crippen LogP contribution in [0.25, 0.3) is 0 Å². The van der Waals surface area contributed by atoms with Gasteiger partial charge in [0.1, 0.15) is 0 Å². The molecule has 0 aliphatic rings. The molecule has 84 valence electrons. The first-order valence-electron chi connectivity index (χ1n) is 4.84. The second kappa shape index (κ2) is 7.96. The van der Waals surface area contributed by atoms with Crippen LogP contribution in [-0.4, -0.2) is 11.1 Å². The molecule has 0 aliphatic heterocycles. The zero-order valence-corrected chi connectivity index (χ0v) is 8.94. The molecule has 0 spiro atoms. The third-order valence-corrected chi connectivity index (χ3v) is 1.86. The summed E-state index contributed by atoms with van der Waals surface area (Å²) in [4.78, 5) is 9.37. The van der Waals surface area contributed by atoms with Crippen molar-refractivity contribution in [1.29, 1.82) is 0 Å². The van der Waals surface area contributed by atoms with Crippen molar-refractivity contribution in [3.05, 3.63) is 35.4 Å². The maximum absolute atomic E-state index is 9.37. The first kappa shape index (κ1) is 13.6. The Hall–Kier alpha value is -1.39. The summed E-state index contributed by atoms with van der Waals surface area (Å²) in [6.07, 6.45) is 0.222. The predicted molar refractivity (Wildman–Crippen MR) is 60.2 cm³/mol. The molecule has 0 aromatic heterocycles. The minimum Gasteiger partial charge on any atom is -0.481 e. The van der Waals surface area contributed by atoms with Crippen LogP contribution in [0.4, 0.5) is 0 Å². The summed E-state index contributed by atoms with van der Waals surface area (Å²) >= 11 is 0. The van der Waals surface area contributed by atoms with Crippen molar-refractivity contribution in [2.75, 3.05) is 0 Å². The van der Waals surface area contributed by atoms with Crippen molar-refractivity contribution in [3.8, 4) is 0 Å². The second-order valence-electron chi connectivity index (χ2n) is 2.92. The monoisotopic (exact) mass is 210 g/mol. The lowest BCUT2D eigenvalue weighted by Crippen LogP contribution is -2.05. The number of aliphatic carboxylic acids is 1. The highest BCUT2D eigenvalue weighted by atomic mass is 16.4. The van der Waals surface area contributed by atoms with Crippen molar-refractivity contribution >= 4 is 5.97 Å². The molecule has 0 aliphatic carbocycles. The summed E-state index contributed by atoms with van der Waals surface area (Å²) in [5.41, 5.74) is 13.2. The first-order chi connectivity index (χ1) is 7.15. The van der Waals surface area contributed by atoms with Crippen LogP contribution in [0.3, 0.4) is 0 Å². The van der Waals surface area contributed by atoms with E-state index < -0.39 is 5.97 Å². The van der Waals surface area contributed by atoms with E-state index in [9.17, 15) is 4.79 Å². The van der Waals surface area contributed by atoms with Gasteiger partial charge in [-0.1, -0.05) is 31.2 Å². The van der Waals surface area contributed by atoms with Crippen molar-refractivity contribution < 1.29 is 9.90 Å². The summed E-state index contributed by atoms with van der Waals surface area (Å²) in [5.74, 6) is -0.745. The molecule has 0 unspecified atom stereocenters. The molecule has 5 N–H and O–H groups in total. The van der Waals surface area contributed by atoms with E-state index >= 15 is 0 Å². The number of carbonyl (C=O) groups is 1. The second-order valence-corrected chi connectivity index (χ2v) is 2.92. The molecule has 0 amide bonds. The van der Waals surface area contributed by atoms with Gasteiger partial charge in [-0.25, -0.2) is 0 Å². The zero-order valence-electron chi connectivity index (χ0n) is 8.94. The van der Waals surface area contributed by atoms with Gasteiger partial charge in [0.05, 0.1) is 0 Å². The molecule has 0 saturated carbocycles. The number of carboxylic acid groups (broad SMARTS) is 1. The van der Waals surface area contributed by atoms with Gasteiger partial charge in [0.25, 0.3) is 0 Å². The molecular formula is C11H18N2O2. The van der Waals surface area contributed by atoms with Gasteiger partial charge in [0.15, 0.2) is 0 Å². The van der Waals surface area contributed by atoms with Gasteiger partial charge in [-0.3, -0.25) is 4.79 Å². The Balaban J connectivity index is 0.000000336. The van der Waals surface area contributed by atoms with Crippen LogP contribution >= 0.6 is 0 Å². The molecule has 0 bridgehead atoms. The lowest BCUT2D eigenvalue weighted by molar-refractivity contribution is -0.136. The number of nitrogens with two attached hydrogens (primary N) is 2. The first-order valence-corrected chi connectivity index (χ1v) is 4.84. The van der Waals surface area contributed by atoms with Crippen LogP contribution in [0.15, 0.2) is 24.3 Å². The molecule has 0 atom stereocenters. The van der Waals surface area contributed by atoms with Gasteiger partial charge in [-0.05, 0) is 11.1 Å². The number of hydrogen-bond donors (Lipinski definition) is 3. The van der Waals surface area contributed by atoms with E-state index in [2.05, 4.69) is 0 Å². The summed E-state index contributed by atoms with van der Waals surface area (Å²) in [5, 5.41) is 7.72. The maximum Gasteiger partial charge on any atom is 0.303 e. The summed E-state index contributed by atoms with van der Waals surface area (Å²) < 4.78 is 0. The standard InChI is InChI=1S/C8H12N2.C3H6O2/c9-5-7-3-1-2-4-8(7)6-10;1-2-3(4)5/h1-4H,5-6,9-10H2;2H2,1H3,(H,4,5). The van der Waals surface area contributed by atoms with Crippen LogP contribution in [0, 0.1) is 0 Å². The predicted octanol–water partition coefficient (Wildman–Crippen LogP) is 1.08. The topological polar surface area (TPSA) is 89.3 Å². The average Bonchev–Trinajstić information content (AvgIpc) is 2.29. The van der Waals surface area contributed by atoms with E-state index in [0.29, 0.717) is 13.1 Å². The molecule has 15 heavy (non-hydrogen) atoms. The minimum absolute atomic E-state index is 0.222. The van der Waals surface area contributed by atoms with Gasteiger partial charge in [0, 0.05) is 19.5 Å². The largest absolute Gasteiger partial charge is 0.481 e. The number of rotatable bonds is 3. The van der Waals surface area contributed by atoms with E-state index in [-0.39, 0.29) is 6.42 Å². The van der Waals surface area contributed by atoms with Crippen molar-refractivity contribution in [1.82, 2.24) is 0 Å². The lowest BCUT2D eigenvalue weighted by atomic mass is 10.1. The van der Waals surface area contributed by atoms with E-state index in [1.54, 1.807) is 6.92 Å². The summed E-state index contributed by atoms with van der Waals surface area (Å²) in [6, 6.07) is 7.95. The molecule has 4 heteroatoms. The quantitative estimate of drug-likeness (QED) is 0.696. The van der Waals surface area contributed by atoms with E-state index in [4.69, 9.17) is 16.6 Å². The summed E-state index contributed by atoms with van der Waals surface area (Å²) in [7, 11) is 0. The molecule has 0 heterocycles. The fourth-order valence-electron chi connectivity index (χ4n) is 0.956. The van der Waals surface area contributed by atoms with E-state index in [1.165, 1.54) is 0 Å². The van der Waals surface area contributed by atoms with Crippen molar-refractivity contribution in [2.24, 2.45) is 11.5 Å². The maximum atomic E-state index is 9.37. The number of carboxylic acids is 1. The Morgan fingerprint density at radius 1 is 1.20 bits per heavy atom. The van der Waals surface area contributed by atoms with E-state index in [0.717, 1.165) is 11.1 Å². The molecule has 0 radical (unpaired) electrons. The highest BCUT2D eigenvalue weighted by Crippen LogP contribution is 2.05. The molecule has 0 saturated heterocycles. The Morgan fingerprint density at radius 2 is 1.53 bits per heavy atom. The van der Waals surface area contributed by atoms with Crippen LogP contribution in [-0.2, 0) is 17.9 Å². The number of benzene rings is 1. The third-order valence-electron chi connectivity index (χ3n) is 1.86. The Kier molecular flexibility index (Phi) is 7.23. The minimum atomic E-state index is -0.745. The lowest BCUT2D eigenvalue weighted by Gasteiger charge is -2.02. The highest BCUT2D eigenvalue weighted by Gasteiger charge is 1.94. The third kappa shape index (κ3) is 5.83. The number of hydrogen-bond acceptors (Lipinski definition) is 3. The molecular weight excluding hydrogens is 192 g/mol. The van der Waals surface area contributed by atoms with Crippen molar-refractivity contribution in [2.45, 2.75) is 26.4 Å². The smallest absolute Gasteiger partial charge is 0.303 e. The van der Waals surface area contributed by atoms with Crippen LogP contribution in [0.2, 0.25) is 0 Å². The van der Waals surface area contributed by atoms with Gasteiger partial charge in [-0.15, -0.1) is 0 Å². The Labute approximate surface area is 89.9 Å². The van der Waals surface area contributed by atoms with Gasteiger partial charge in [0.2, 0.25) is 0 Å². The Morgan fingerprint density at radius 3 is 1.73 bits per heavy atom. The molecule has 1 aromatic carbocycles. The molecule has 4 nitrogen and oxygen atoms in total. The fourth-order valence-corrected chi connectivity index (χ4v) is 0.956. The fraction of sp³-hybridized carbons (Fsp3) is 0.364. The van der Waals surface area contributed by atoms with Gasteiger partial charge < -0.3 is 16.6 Å². The molecule has 0 fully saturated rings. The van der Waals surface area contributed by atoms with Crippen molar-refractivity contribution in [3.63, 3.8) is 0 Å². The average molecular weight is 210 g/mol. The highest BCUT2D eigenvalue weighted by molar-refractivity contribution is 5.66. The Bertz CT molecular complexity index is 277. The van der Waals surface area contributed by atoms with Crippen LogP contribution < -0.4 is 11.5 Å². The van der Waals surface area contributed by atoms with Gasteiger partial charge >= 0.3 is 5.97 Å². The normalized spacial score (nSPS) is 9.00. The molecule has 1 rings (SSSR count). The summed E-state index contributed by atoms with van der Waals surface area (Å²) in [6.45, 7) is 2.75. The van der Waals surface area contributed by atoms with Crippen LogP contribution in [0.5, 0.6) is 0 Å². The zero-order chi connectivity index (χ0) is 11.7. The SMILES string of the molecule is CCC(=O)O.NCc1ccccc1CN. The van der Waals surface area contributed by atoms with E-state index in [1.807, 2.05) is 24.3 Å².